The van der Waals surface area contributed by atoms with E-state index in [1.165, 1.54) is 0 Å². The third kappa shape index (κ3) is 3.81. The summed E-state index contributed by atoms with van der Waals surface area (Å²) in [5.74, 6) is -0.722. The van der Waals surface area contributed by atoms with Crippen molar-refractivity contribution in [3.05, 3.63) is 71.8 Å². The minimum atomic E-state index is -0.947. The van der Waals surface area contributed by atoms with Crippen molar-refractivity contribution in [3.8, 4) is 0 Å². The third-order valence-corrected chi connectivity index (χ3v) is 3.88. The molecular formula is C19H19NO4. The van der Waals surface area contributed by atoms with E-state index in [0.717, 1.165) is 0 Å². The summed E-state index contributed by atoms with van der Waals surface area (Å²) in [6.45, 7) is 2.01. The van der Waals surface area contributed by atoms with Gasteiger partial charge in [0.05, 0.1) is 18.8 Å². The van der Waals surface area contributed by atoms with Crippen molar-refractivity contribution in [2.24, 2.45) is 0 Å². The first kappa shape index (κ1) is 16.2. The Bertz CT molecular complexity index is 681. The van der Waals surface area contributed by atoms with Gasteiger partial charge in [-0.25, -0.2) is 4.79 Å². The molecule has 0 radical (unpaired) electrons. The van der Waals surface area contributed by atoms with Crippen LogP contribution in [0.4, 0.5) is 0 Å². The number of ether oxygens (including phenoxy) is 2. The Labute approximate surface area is 140 Å². The molecule has 2 aromatic rings. The molecule has 0 aliphatic carbocycles. The predicted octanol–water partition coefficient (Wildman–Crippen LogP) is 2.44. The van der Waals surface area contributed by atoms with Gasteiger partial charge < -0.3 is 14.4 Å². The standard InChI is InChI=1S/C19H19NO4/c21-18(20-11-13-23-14-12-20)17(15-7-3-1-4-8-15)24-19(22)16-9-5-2-6-10-16/h1-10,17H,11-14H2/t17-/m0/s1. The van der Waals surface area contributed by atoms with Gasteiger partial charge in [0, 0.05) is 18.7 Å². The first-order chi connectivity index (χ1) is 11.8. The zero-order chi connectivity index (χ0) is 16.8. The highest BCUT2D eigenvalue weighted by Crippen LogP contribution is 2.22. The first-order valence-electron chi connectivity index (χ1n) is 7.93. The lowest BCUT2D eigenvalue weighted by Crippen LogP contribution is -2.44. The van der Waals surface area contributed by atoms with E-state index in [2.05, 4.69) is 0 Å². The molecule has 1 heterocycles. The Morgan fingerprint density at radius 2 is 1.50 bits per heavy atom. The zero-order valence-electron chi connectivity index (χ0n) is 13.3. The van der Waals surface area contributed by atoms with Crippen LogP contribution < -0.4 is 0 Å². The van der Waals surface area contributed by atoms with Gasteiger partial charge in [-0.05, 0) is 12.1 Å². The summed E-state index contributed by atoms with van der Waals surface area (Å²) in [5.41, 5.74) is 1.09. The fourth-order valence-corrected chi connectivity index (χ4v) is 2.59. The molecule has 0 aromatic heterocycles. The van der Waals surface area contributed by atoms with Gasteiger partial charge >= 0.3 is 5.97 Å². The first-order valence-corrected chi connectivity index (χ1v) is 7.93. The van der Waals surface area contributed by atoms with Crippen LogP contribution in [0.25, 0.3) is 0 Å². The van der Waals surface area contributed by atoms with Crippen molar-refractivity contribution in [2.45, 2.75) is 6.10 Å². The van der Waals surface area contributed by atoms with Crippen LogP contribution in [0.3, 0.4) is 0 Å². The second-order valence-electron chi connectivity index (χ2n) is 5.50. The van der Waals surface area contributed by atoms with Gasteiger partial charge in [-0.3, -0.25) is 4.79 Å². The summed E-state index contributed by atoms with van der Waals surface area (Å²) < 4.78 is 10.9. The Morgan fingerprint density at radius 3 is 2.12 bits per heavy atom. The molecule has 2 aromatic carbocycles. The second-order valence-corrected chi connectivity index (χ2v) is 5.50. The summed E-state index contributed by atoms with van der Waals surface area (Å²) in [4.78, 5) is 26.9. The van der Waals surface area contributed by atoms with E-state index in [4.69, 9.17) is 9.47 Å². The fourth-order valence-electron chi connectivity index (χ4n) is 2.59. The summed E-state index contributed by atoms with van der Waals surface area (Å²) >= 11 is 0. The van der Waals surface area contributed by atoms with Crippen LogP contribution >= 0.6 is 0 Å². The molecular weight excluding hydrogens is 306 g/mol. The molecule has 0 N–H and O–H groups in total. The van der Waals surface area contributed by atoms with E-state index in [0.29, 0.717) is 37.4 Å². The van der Waals surface area contributed by atoms with E-state index in [-0.39, 0.29) is 5.91 Å². The van der Waals surface area contributed by atoms with Crippen molar-refractivity contribution < 1.29 is 19.1 Å². The Balaban J connectivity index is 1.82. The molecule has 0 saturated carbocycles. The van der Waals surface area contributed by atoms with Gasteiger partial charge in [0.2, 0.25) is 6.10 Å². The minimum absolute atomic E-state index is 0.214. The van der Waals surface area contributed by atoms with Crippen molar-refractivity contribution in [2.75, 3.05) is 26.3 Å². The molecule has 0 unspecified atom stereocenters. The highest BCUT2D eigenvalue weighted by atomic mass is 16.5. The fraction of sp³-hybridized carbons (Fsp3) is 0.263. The molecule has 1 atom stereocenters. The highest BCUT2D eigenvalue weighted by molar-refractivity contribution is 5.92. The molecule has 124 valence electrons. The quantitative estimate of drug-likeness (QED) is 0.810. The van der Waals surface area contributed by atoms with Gasteiger partial charge in [-0.15, -0.1) is 0 Å². The lowest BCUT2D eigenvalue weighted by molar-refractivity contribution is -0.145. The monoisotopic (exact) mass is 325 g/mol. The number of hydrogen-bond donors (Lipinski definition) is 0. The van der Waals surface area contributed by atoms with E-state index in [1.807, 2.05) is 24.3 Å². The number of rotatable bonds is 4. The lowest BCUT2D eigenvalue weighted by Gasteiger charge is -2.30. The zero-order valence-corrected chi connectivity index (χ0v) is 13.3. The second kappa shape index (κ2) is 7.75. The van der Waals surface area contributed by atoms with Crippen LogP contribution in [0.2, 0.25) is 0 Å². The molecule has 5 heteroatoms. The summed E-state index contributed by atoms with van der Waals surface area (Å²) in [5, 5.41) is 0. The molecule has 3 rings (SSSR count). The molecule has 24 heavy (non-hydrogen) atoms. The number of carbonyl (C=O) groups is 2. The summed E-state index contributed by atoms with van der Waals surface area (Å²) in [6, 6.07) is 17.8. The van der Waals surface area contributed by atoms with Crippen LogP contribution in [-0.4, -0.2) is 43.1 Å². The Hall–Kier alpha value is -2.66. The number of benzene rings is 2. The normalized spacial score (nSPS) is 15.6. The summed E-state index contributed by atoms with van der Waals surface area (Å²) in [6.07, 6.45) is -0.947. The van der Waals surface area contributed by atoms with Crippen LogP contribution in [0, 0.1) is 0 Å². The maximum atomic E-state index is 12.9. The van der Waals surface area contributed by atoms with Crippen LogP contribution in [-0.2, 0) is 14.3 Å². The SMILES string of the molecule is O=C(O[C@H](C(=O)N1CCOCC1)c1ccccc1)c1ccccc1. The van der Waals surface area contributed by atoms with Gasteiger partial charge in [-0.1, -0.05) is 48.5 Å². The molecule has 1 fully saturated rings. The number of esters is 1. The summed E-state index contributed by atoms with van der Waals surface area (Å²) in [7, 11) is 0. The van der Waals surface area contributed by atoms with Crippen LogP contribution in [0.1, 0.15) is 22.0 Å². The van der Waals surface area contributed by atoms with Crippen molar-refractivity contribution in [1.29, 1.82) is 0 Å². The van der Waals surface area contributed by atoms with Crippen LogP contribution in [0.15, 0.2) is 60.7 Å². The molecule has 0 bridgehead atoms. The number of morpholine rings is 1. The third-order valence-electron chi connectivity index (χ3n) is 3.88. The molecule has 1 aliphatic rings. The molecule has 5 nitrogen and oxygen atoms in total. The molecule has 1 amide bonds. The molecule has 0 spiro atoms. The smallest absolute Gasteiger partial charge is 0.339 e. The number of amides is 1. The van der Waals surface area contributed by atoms with Gasteiger partial charge in [0.1, 0.15) is 0 Å². The number of hydrogen-bond acceptors (Lipinski definition) is 4. The Morgan fingerprint density at radius 1 is 0.917 bits per heavy atom. The van der Waals surface area contributed by atoms with Crippen molar-refractivity contribution in [1.82, 2.24) is 4.90 Å². The van der Waals surface area contributed by atoms with E-state index < -0.39 is 12.1 Å². The Kier molecular flexibility index (Phi) is 5.23. The highest BCUT2D eigenvalue weighted by Gasteiger charge is 2.30. The molecule has 1 aliphatic heterocycles. The average molecular weight is 325 g/mol. The largest absolute Gasteiger partial charge is 0.444 e. The topological polar surface area (TPSA) is 55.8 Å². The van der Waals surface area contributed by atoms with E-state index in [1.54, 1.807) is 41.3 Å². The van der Waals surface area contributed by atoms with E-state index >= 15 is 0 Å². The average Bonchev–Trinajstić information content (AvgIpc) is 2.67. The minimum Gasteiger partial charge on any atom is -0.444 e. The van der Waals surface area contributed by atoms with Gasteiger partial charge in [-0.2, -0.15) is 0 Å². The lowest BCUT2D eigenvalue weighted by atomic mass is 10.1. The predicted molar refractivity (Wildman–Crippen MR) is 88.4 cm³/mol. The van der Waals surface area contributed by atoms with Crippen LogP contribution in [0.5, 0.6) is 0 Å². The van der Waals surface area contributed by atoms with E-state index in [9.17, 15) is 9.59 Å². The maximum Gasteiger partial charge on any atom is 0.339 e. The van der Waals surface area contributed by atoms with Crippen molar-refractivity contribution >= 4 is 11.9 Å². The number of nitrogens with zero attached hydrogens (tertiary/aromatic N) is 1. The number of carbonyl (C=O) groups excluding carboxylic acids is 2. The van der Waals surface area contributed by atoms with Crippen molar-refractivity contribution in [3.63, 3.8) is 0 Å². The maximum absolute atomic E-state index is 12.9. The molecule has 1 saturated heterocycles. The van der Waals surface area contributed by atoms with Gasteiger partial charge in [0.15, 0.2) is 0 Å². The van der Waals surface area contributed by atoms with Gasteiger partial charge in [0.25, 0.3) is 5.91 Å².